The van der Waals surface area contributed by atoms with Crippen LogP contribution in [0, 0.1) is 0 Å². The standard InChI is InChI=1S/C19H24N4O3/c1-2-26-18(25)9-8-17(24)20-19-15-10-11-23(13-16(15)21-22-19)12-14-6-4-3-5-7-14/h3-7H,2,8-13H2,1H3,(H2,20,21,22,24). The highest BCUT2D eigenvalue weighted by atomic mass is 16.5. The van der Waals surface area contributed by atoms with E-state index in [1.165, 1.54) is 5.56 Å². The lowest BCUT2D eigenvalue weighted by atomic mass is 10.1. The number of aromatic amines is 1. The van der Waals surface area contributed by atoms with Gasteiger partial charge in [-0.25, -0.2) is 0 Å². The second-order valence-corrected chi connectivity index (χ2v) is 6.33. The molecule has 2 heterocycles. The Balaban J connectivity index is 1.54. The van der Waals surface area contributed by atoms with Crippen LogP contribution in [0.3, 0.4) is 0 Å². The van der Waals surface area contributed by atoms with E-state index in [1.807, 2.05) is 18.2 Å². The van der Waals surface area contributed by atoms with Gasteiger partial charge in [-0.2, -0.15) is 5.10 Å². The highest BCUT2D eigenvalue weighted by Gasteiger charge is 2.23. The molecule has 0 unspecified atom stereocenters. The Morgan fingerprint density at radius 2 is 2.08 bits per heavy atom. The first-order valence-electron chi connectivity index (χ1n) is 8.93. The lowest BCUT2D eigenvalue weighted by Gasteiger charge is -2.26. The van der Waals surface area contributed by atoms with Crippen LogP contribution in [0.1, 0.15) is 36.6 Å². The summed E-state index contributed by atoms with van der Waals surface area (Å²) in [7, 11) is 0. The van der Waals surface area contributed by atoms with Crippen LogP contribution in [0.5, 0.6) is 0 Å². The third-order valence-electron chi connectivity index (χ3n) is 4.38. The van der Waals surface area contributed by atoms with Crippen LogP contribution in [0.25, 0.3) is 0 Å². The number of benzene rings is 1. The number of carbonyl (C=O) groups is 2. The Labute approximate surface area is 152 Å². The summed E-state index contributed by atoms with van der Waals surface area (Å²) in [5.41, 5.74) is 3.37. The summed E-state index contributed by atoms with van der Waals surface area (Å²) < 4.78 is 4.83. The van der Waals surface area contributed by atoms with Crippen LogP contribution < -0.4 is 5.32 Å². The van der Waals surface area contributed by atoms with Crippen molar-refractivity contribution in [3.05, 3.63) is 47.2 Å². The van der Waals surface area contributed by atoms with E-state index in [9.17, 15) is 9.59 Å². The maximum Gasteiger partial charge on any atom is 0.306 e. The van der Waals surface area contributed by atoms with E-state index in [2.05, 4.69) is 32.5 Å². The number of amides is 1. The molecular formula is C19H24N4O3. The predicted molar refractivity (Wildman–Crippen MR) is 97.3 cm³/mol. The van der Waals surface area contributed by atoms with E-state index in [0.717, 1.165) is 37.3 Å². The molecule has 1 amide bonds. The molecule has 3 rings (SSSR count). The average molecular weight is 356 g/mol. The summed E-state index contributed by atoms with van der Waals surface area (Å²) in [6.45, 7) is 4.64. The molecule has 26 heavy (non-hydrogen) atoms. The van der Waals surface area contributed by atoms with E-state index in [0.29, 0.717) is 12.4 Å². The molecular weight excluding hydrogens is 332 g/mol. The zero-order chi connectivity index (χ0) is 18.4. The number of ether oxygens (including phenoxy) is 1. The molecule has 2 aromatic rings. The molecule has 7 nitrogen and oxygen atoms in total. The van der Waals surface area contributed by atoms with Gasteiger partial charge in [0.25, 0.3) is 0 Å². The summed E-state index contributed by atoms with van der Waals surface area (Å²) in [4.78, 5) is 25.7. The Bertz CT molecular complexity index is 757. The lowest BCUT2D eigenvalue weighted by molar-refractivity contribution is -0.144. The van der Waals surface area contributed by atoms with Gasteiger partial charge in [-0.1, -0.05) is 30.3 Å². The van der Waals surface area contributed by atoms with Crippen LogP contribution in [-0.2, 0) is 33.8 Å². The summed E-state index contributed by atoms with van der Waals surface area (Å²) in [5, 5.41) is 10.1. The van der Waals surface area contributed by atoms with Crippen LogP contribution in [0.4, 0.5) is 5.82 Å². The van der Waals surface area contributed by atoms with Crippen molar-refractivity contribution in [2.24, 2.45) is 0 Å². The molecule has 0 bridgehead atoms. The van der Waals surface area contributed by atoms with E-state index in [4.69, 9.17) is 4.74 Å². The number of carbonyl (C=O) groups excluding carboxylic acids is 2. The van der Waals surface area contributed by atoms with Crippen molar-refractivity contribution in [1.29, 1.82) is 0 Å². The van der Waals surface area contributed by atoms with Gasteiger partial charge in [0.2, 0.25) is 5.91 Å². The minimum atomic E-state index is -0.358. The lowest BCUT2D eigenvalue weighted by Crippen LogP contribution is -2.30. The summed E-state index contributed by atoms with van der Waals surface area (Å²) in [5.74, 6) is -0.00412. The van der Waals surface area contributed by atoms with Crippen molar-refractivity contribution in [2.75, 3.05) is 18.5 Å². The van der Waals surface area contributed by atoms with Gasteiger partial charge in [-0.15, -0.1) is 0 Å². The van der Waals surface area contributed by atoms with Crippen molar-refractivity contribution in [3.63, 3.8) is 0 Å². The molecule has 0 spiro atoms. The highest BCUT2D eigenvalue weighted by Crippen LogP contribution is 2.24. The monoisotopic (exact) mass is 356 g/mol. The SMILES string of the molecule is CCOC(=O)CCC(=O)Nc1n[nH]c2c1CCN(Cc1ccccc1)C2. The van der Waals surface area contributed by atoms with E-state index < -0.39 is 0 Å². The fourth-order valence-corrected chi connectivity index (χ4v) is 3.10. The number of hydrogen-bond donors (Lipinski definition) is 2. The molecule has 1 aromatic heterocycles. The number of H-pyrrole nitrogens is 1. The fraction of sp³-hybridized carbons (Fsp3) is 0.421. The first-order chi connectivity index (χ1) is 12.7. The van der Waals surface area contributed by atoms with Gasteiger partial charge in [0.05, 0.1) is 18.7 Å². The van der Waals surface area contributed by atoms with Crippen LogP contribution >= 0.6 is 0 Å². The van der Waals surface area contributed by atoms with Crippen molar-refractivity contribution < 1.29 is 14.3 Å². The van der Waals surface area contributed by atoms with Gasteiger partial charge in [0.15, 0.2) is 5.82 Å². The van der Waals surface area contributed by atoms with Gasteiger partial charge < -0.3 is 10.1 Å². The minimum Gasteiger partial charge on any atom is -0.466 e. The largest absolute Gasteiger partial charge is 0.466 e. The molecule has 0 saturated heterocycles. The minimum absolute atomic E-state index is 0.0805. The van der Waals surface area contributed by atoms with Crippen molar-refractivity contribution in [1.82, 2.24) is 15.1 Å². The zero-order valence-electron chi connectivity index (χ0n) is 15.0. The Morgan fingerprint density at radius 1 is 1.27 bits per heavy atom. The van der Waals surface area contributed by atoms with Gasteiger partial charge >= 0.3 is 5.97 Å². The summed E-state index contributed by atoms with van der Waals surface area (Å²) in [6, 6.07) is 10.4. The second-order valence-electron chi connectivity index (χ2n) is 6.33. The Kier molecular flexibility index (Phi) is 6.01. The maximum atomic E-state index is 12.0. The van der Waals surface area contributed by atoms with E-state index in [1.54, 1.807) is 6.92 Å². The second kappa shape index (κ2) is 8.62. The quantitative estimate of drug-likeness (QED) is 0.743. The molecule has 2 N–H and O–H groups in total. The van der Waals surface area contributed by atoms with E-state index >= 15 is 0 Å². The number of nitrogens with zero attached hydrogens (tertiary/aromatic N) is 2. The topological polar surface area (TPSA) is 87.3 Å². The number of esters is 1. The molecule has 0 saturated carbocycles. The van der Waals surface area contributed by atoms with Crippen LogP contribution in [-0.4, -0.2) is 40.1 Å². The predicted octanol–water partition coefficient (Wildman–Crippen LogP) is 2.25. The molecule has 0 atom stereocenters. The smallest absolute Gasteiger partial charge is 0.306 e. The van der Waals surface area contributed by atoms with Crippen LogP contribution in [0.2, 0.25) is 0 Å². The van der Waals surface area contributed by atoms with Crippen LogP contribution in [0.15, 0.2) is 30.3 Å². The molecule has 7 heteroatoms. The number of rotatable bonds is 7. The fourth-order valence-electron chi connectivity index (χ4n) is 3.10. The van der Waals surface area contributed by atoms with Crippen molar-refractivity contribution in [2.45, 2.75) is 39.3 Å². The molecule has 1 aromatic carbocycles. The molecule has 0 radical (unpaired) electrons. The first-order valence-corrected chi connectivity index (χ1v) is 8.93. The summed E-state index contributed by atoms with van der Waals surface area (Å²) >= 11 is 0. The molecule has 1 aliphatic rings. The molecule has 0 fully saturated rings. The average Bonchev–Trinajstić information content (AvgIpc) is 3.03. The number of hydrogen-bond acceptors (Lipinski definition) is 5. The molecule has 0 aliphatic carbocycles. The number of anilines is 1. The van der Waals surface area contributed by atoms with Gasteiger partial charge in [-0.05, 0) is 18.9 Å². The van der Waals surface area contributed by atoms with E-state index in [-0.39, 0.29) is 24.7 Å². The molecule has 1 aliphatic heterocycles. The maximum absolute atomic E-state index is 12.0. The number of nitrogens with one attached hydrogen (secondary N) is 2. The van der Waals surface area contributed by atoms with Gasteiger partial charge in [0.1, 0.15) is 0 Å². The summed E-state index contributed by atoms with van der Waals surface area (Å²) in [6.07, 6.45) is 1.00. The zero-order valence-corrected chi connectivity index (χ0v) is 15.0. The van der Waals surface area contributed by atoms with Crippen molar-refractivity contribution >= 4 is 17.7 Å². The Hall–Kier alpha value is -2.67. The Morgan fingerprint density at radius 3 is 2.85 bits per heavy atom. The third-order valence-corrected chi connectivity index (χ3v) is 4.38. The van der Waals surface area contributed by atoms with Crippen molar-refractivity contribution in [3.8, 4) is 0 Å². The number of aromatic nitrogens is 2. The van der Waals surface area contributed by atoms with Gasteiger partial charge in [-0.3, -0.25) is 19.6 Å². The highest BCUT2D eigenvalue weighted by molar-refractivity contribution is 5.92. The normalized spacial score (nSPS) is 13.9. The third kappa shape index (κ3) is 4.70. The molecule has 138 valence electrons. The number of fused-ring (bicyclic) bond motifs is 1. The first kappa shape index (κ1) is 18.1. The van der Waals surface area contributed by atoms with Gasteiger partial charge in [0, 0.05) is 31.6 Å².